The monoisotopic (exact) mass is 563 g/mol. The number of hydrogen-bond donors (Lipinski definition) is 1. The van der Waals surface area contributed by atoms with Crippen molar-refractivity contribution in [3.05, 3.63) is 77.5 Å². The second-order valence-corrected chi connectivity index (χ2v) is 13.2. The van der Waals surface area contributed by atoms with E-state index in [0.717, 1.165) is 29.8 Å². The normalized spacial score (nSPS) is 20.9. The molecule has 0 amide bonds. The van der Waals surface area contributed by atoms with Gasteiger partial charge in [0, 0.05) is 31.4 Å². The Kier molecular flexibility index (Phi) is 6.13. The van der Waals surface area contributed by atoms with Crippen molar-refractivity contribution >= 4 is 15.8 Å². The highest BCUT2D eigenvalue weighted by atomic mass is 32.2. The molecule has 2 aliphatic rings. The third-order valence-electron chi connectivity index (χ3n) is 8.36. The van der Waals surface area contributed by atoms with Crippen LogP contribution in [0.1, 0.15) is 49.6 Å². The van der Waals surface area contributed by atoms with Gasteiger partial charge in [0.2, 0.25) is 5.95 Å². The number of aromatic nitrogens is 6. The van der Waals surface area contributed by atoms with Crippen LogP contribution in [0.25, 0.3) is 22.6 Å². The zero-order valence-electron chi connectivity index (χ0n) is 22.2. The quantitative estimate of drug-likeness (QED) is 0.350. The van der Waals surface area contributed by atoms with Gasteiger partial charge in [-0.3, -0.25) is 0 Å². The summed E-state index contributed by atoms with van der Waals surface area (Å²) in [6.07, 6.45) is 7.73. The smallest absolute Gasteiger partial charge is 0.222 e. The first-order valence-electron chi connectivity index (χ1n) is 12.9. The Morgan fingerprint density at radius 1 is 1.05 bits per heavy atom. The molecule has 2 bridgehead atoms. The van der Waals surface area contributed by atoms with Crippen molar-refractivity contribution in [3.8, 4) is 22.6 Å². The van der Waals surface area contributed by atoms with E-state index in [1.165, 1.54) is 24.5 Å². The van der Waals surface area contributed by atoms with Crippen LogP contribution in [0.3, 0.4) is 0 Å². The molecular weight excluding hydrogens is 536 g/mol. The predicted octanol–water partition coefficient (Wildman–Crippen LogP) is 4.33. The Hall–Kier alpha value is -3.93. The number of rotatable bonds is 7. The molecule has 1 aromatic carbocycles. The van der Waals surface area contributed by atoms with Crippen LogP contribution < -0.4 is 5.32 Å². The van der Waals surface area contributed by atoms with E-state index in [-0.39, 0.29) is 34.9 Å². The number of nitrogens with zero attached hydrogens (tertiary/aromatic N) is 6. The molecule has 40 heavy (non-hydrogen) atoms. The molecular formula is C28H27F2N7O2S. The molecule has 0 aliphatic heterocycles. The van der Waals surface area contributed by atoms with Crippen molar-refractivity contribution in [2.24, 2.45) is 5.41 Å². The van der Waals surface area contributed by atoms with E-state index in [1.807, 2.05) is 6.07 Å². The maximum absolute atomic E-state index is 14.5. The molecule has 0 radical (unpaired) electrons. The van der Waals surface area contributed by atoms with Crippen molar-refractivity contribution < 1.29 is 17.2 Å². The van der Waals surface area contributed by atoms with Crippen LogP contribution in [-0.2, 0) is 15.3 Å². The number of nitrogens with one attached hydrogen (secondary N) is 1. The van der Waals surface area contributed by atoms with E-state index in [1.54, 1.807) is 24.7 Å². The lowest BCUT2D eigenvalue weighted by atomic mass is 9.66. The number of fused-ring (bicyclic) bond motifs is 5. The van der Waals surface area contributed by atoms with Gasteiger partial charge in [0.1, 0.15) is 21.5 Å². The van der Waals surface area contributed by atoms with Crippen LogP contribution in [0.5, 0.6) is 0 Å². The molecule has 0 unspecified atom stereocenters. The standard InChI is InChI=1S/C28H27F2N7O2S/c1-27(2)18-7-9-28(27,24-17(18)13-21(36-37-24)23-19(29)5-4-6-20(23)30)22-8-10-31-25(35-22)16-14-33-26(34-15-16)32-11-12-40(3,38)39/h4-6,8,10,13-15,18H,7,9,11-12H2,1-3H3,(H,32,33,34)/t18-,28-/m0/s1. The first kappa shape index (κ1) is 26.3. The SMILES string of the molecule is CC1(C)[C@H]2CC[C@]1(c1ccnc(-c3cnc(NCCS(C)(=O)=O)nc3)n1)c1nnc(-c3c(F)cccc3F)cc12. The Labute approximate surface area is 230 Å². The van der Waals surface area contributed by atoms with Gasteiger partial charge in [-0.1, -0.05) is 19.9 Å². The van der Waals surface area contributed by atoms with Crippen molar-refractivity contribution in [2.45, 2.75) is 38.0 Å². The van der Waals surface area contributed by atoms with Gasteiger partial charge in [-0.15, -0.1) is 5.10 Å². The fraction of sp³-hybridized carbons (Fsp3) is 0.357. The van der Waals surface area contributed by atoms with Crippen LogP contribution in [0, 0.1) is 17.0 Å². The highest BCUT2D eigenvalue weighted by Crippen LogP contribution is 2.69. The van der Waals surface area contributed by atoms with Crippen LogP contribution in [-0.4, -0.2) is 57.1 Å². The van der Waals surface area contributed by atoms with Crippen LogP contribution >= 0.6 is 0 Å². The van der Waals surface area contributed by atoms with Gasteiger partial charge in [0.15, 0.2) is 5.82 Å². The summed E-state index contributed by atoms with van der Waals surface area (Å²) in [5, 5.41) is 11.8. The summed E-state index contributed by atoms with van der Waals surface area (Å²) >= 11 is 0. The molecule has 3 aromatic heterocycles. The average Bonchev–Trinajstić information content (AvgIpc) is 3.29. The lowest BCUT2D eigenvalue weighted by Crippen LogP contribution is -2.38. The second kappa shape index (κ2) is 9.33. The van der Waals surface area contributed by atoms with E-state index < -0.39 is 26.9 Å². The largest absolute Gasteiger partial charge is 0.353 e. The summed E-state index contributed by atoms with van der Waals surface area (Å²) in [5.41, 5.74) is 2.28. The molecule has 12 heteroatoms. The maximum Gasteiger partial charge on any atom is 0.222 e. The molecule has 6 rings (SSSR count). The van der Waals surface area contributed by atoms with E-state index in [4.69, 9.17) is 4.98 Å². The van der Waals surface area contributed by atoms with Crippen molar-refractivity contribution in [2.75, 3.05) is 23.9 Å². The van der Waals surface area contributed by atoms with Gasteiger partial charge in [-0.2, -0.15) is 5.10 Å². The molecule has 9 nitrogen and oxygen atoms in total. The van der Waals surface area contributed by atoms with Crippen molar-refractivity contribution in [3.63, 3.8) is 0 Å². The fourth-order valence-corrected chi connectivity index (χ4v) is 6.85. The minimum Gasteiger partial charge on any atom is -0.353 e. The number of halogens is 2. The zero-order valence-corrected chi connectivity index (χ0v) is 23.0. The molecule has 1 saturated carbocycles. The summed E-state index contributed by atoms with van der Waals surface area (Å²) in [6, 6.07) is 7.43. The van der Waals surface area contributed by atoms with Gasteiger partial charge < -0.3 is 5.32 Å². The second-order valence-electron chi connectivity index (χ2n) is 11.0. The minimum atomic E-state index is -3.10. The van der Waals surface area contributed by atoms with E-state index in [9.17, 15) is 17.2 Å². The van der Waals surface area contributed by atoms with Crippen molar-refractivity contribution in [1.29, 1.82) is 0 Å². The van der Waals surface area contributed by atoms with E-state index in [0.29, 0.717) is 17.3 Å². The highest BCUT2D eigenvalue weighted by molar-refractivity contribution is 7.90. The fourth-order valence-electron chi connectivity index (χ4n) is 6.38. The number of benzene rings is 1. The van der Waals surface area contributed by atoms with Crippen LogP contribution in [0.2, 0.25) is 0 Å². The number of hydrogen-bond acceptors (Lipinski definition) is 9. The lowest BCUT2D eigenvalue weighted by molar-refractivity contribution is 0.243. The molecule has 0 saturated heterocycles. The average molecular weight is 564 g/mol. The molecule has 2 aliphatic carbocycles. The Morgan fingerprint density at radius 2 is 1.77 bits per heavy atom. The Morgan fingerprint density at radius 3 is 2.48 bits per heavy atom. The molecule has 3 heterocycles. The number of sulfone groups is 1. The first-order valence-corrected chi connectivity index (χ1v) is 15.0. The Balaban J connectivity index is 1.35. The molecule has 2 atom stereocenters. The lowest BCUT2D eigenvalue weighted by Gasteiger charge is -2.37. The van der Waals surface area contributed by atoms with Gasteiger partial charge in [-0.25, -0.2) is 37.1 Å². The summed E-state index contributed by atoms with van der Waals surface area (Å²) in [5.74, 6) is -0.505. The van der Waals surface area contributed by atoms with Gasteiger partial charge in [0.05, 0.1) is 39.4 Å². The number of anilines is 1. The topological polar surface area (TPSA) is 124 Å². The first-order chi connectivity index (χ1) is 19.0. The summed E-state index contributed by atoms with van der Waals surface area (Å²) < 4.78 is 51.8. The zero-order chi connectivity index (χ0) is 28.3. The summed E-state index contributed by atoms with van der Waals surface area (Å²) in [6.45, 7) is 4.56. The van der Waals surface area contributed by atoms with Gasteiger partial charge >= 0.3 is 0 Å². The Bertz CT molecular complexity index is 1710. The molecule has 4 aromatic rings. The van der Waals surface area contributed by atoms with E-state index in [2.05, 4.69) is 44.3 Å². The van der Waals surface area contributed by atoms with Crippen molar-refractivity contribution in [1.82, 2.24) is 30.1 Å². The predicted molar refractivity (Wildman–Crippen MR) is 145 cm³/mol. The third-order valence-corrected chi connectivity index (χ3v) is 9.31. The van der Waals surface area contributed by atoms with Crippen LogP contribution in [0.4, 0.5) is 14.7 Å². The minimum absolute atomic E-state index is 0.0246. The van der Waals surface area contributed by atoms with Gasteiger partial charge in [0.25, 0.3) is 0 Å². The third kappa shape index (κ3) is 4.12. The maximum atomic E-state index is 14.5. The molecule has 206 valence electrons. The summed E-state index contributed by atoms with van der Waals surface area (Å²) in [7, 11) is -3.10. The molecule has 0 spiro atoms. The summed E-state index contributed by atoms with van der Waals surface area (Å²) in [4.78, 5) is 18.0. The van der Waals surface area contributed by atoms with E-state index >= 15 is 0 Å². The molecule has 1 fully saturated rings. The van der Waals surface area contributed by atoms with Crippen LogP contribution in [0.15, 0.2) is 48.9 Å². The molecule has 1 N–H and O–H groups in total. The highest BCUT2D eigenvalue weighted by Gasteiger charge is 2.65. The van der Waals surface area contributed by atoms with Gasteiger partial charge in [-0.05, 0) is 54.0 Å².